The molecule has 0 unspecified atom stereocenters. The molecule has 0 radical (unpaired) electrons. The third-order valence-electron chi connectivity index (χ3n) is 6.50. The maximum atomic E-state index is 13.5. The molecule has 0 aliphatic carbocycles. The van der Waals surface area contributed by atoms with Crippen molar-refractivity contribution in [3.05, 3.63) is 74.8 Å². The van der Waals surface area contributed by atoms with Gasteiger partial charge in [-0.2, -0.15) is 5.10 Å². The number of hydrogen-bond donors (Lipinski definition) is 0. The van der Waals surface area contributed by atoms with E-state index in [4.69, 9.17) is 0 Å². The van der Waals surface area contributed by atoms with Crippen LogP contribution in [-0.2, 0) is 24.8 Å². The molecule has 176 valence electrons. The Morgan fingerprint density at radius 2 is 1.82 bits per heavy atom. The molecule has 1 saturated heterocycles. The molecule has 0 spiro atoms. The maximum absolute atomic E-state index is 13.5. The van der Waals surface area contributed by atoms with E-state index in [1.807, 2.05) is 43.3 Å². The van der Waals surface area contributed by atoms with Gasteiger partial charge in [-0.05, 0) is 25.5 Å². The van der Waals surface area contributed by atoms with Crippen molar-refractivity contribution in [1.82, 2.24) is 29.0 Å². The molecule has 0 bridgehead atoms. The quantitative estimate of drug-likeness (QED) is 0.443. The number of benzene rings is 1. The number of nitrogens with zero attached hydrogens (tertiary/aromatic N) is 6. The van der Waals surface area contributed by atoms with Gasteiger partial charge in [-0.15, -0.1) is 11.3 Å². The lowest BCUT2D eigenvalue weighted by Gasteiger charge is -2.34. The van der Waals surface area contributed by atoms with E-state index in [0.717, 1.165) is 25.3 Å². The third kappa shape index (κ3) is 4.28. The fourth-order valence-corrected chi connectivity index (χ4v) is 5.40. The Balaban J connectivity index is 1.33. The molecule has 1 aliphatic heterocycles. The van der Waals surface area contributed by atoms with Crippen molar-refractivity contribution in [2.45, 2.75) is 26.8 Å². The molecular weight excluding hydrogens is 448 g/mol. The number of piperazine rings is 1. The van der Waals surface area contributed by atoms with E-state index >= 15 is 0 Å². The number of carbonyl (C=O) groups excluding carboxylic acids is 1. The van der Waals surface area contributed by atoms with Gasteiger partial charge < -0.3 is 4.90 Å². The lowest BCUT2D eigenvalue weighted by atomic mass is 10.1. The van der Waals surface area contributed by atoms with Gasteiger partial charge in [-0.3, -0.25) is 23.6 Å². The summed E-state index contributed by atoms with van der Waals surface area (Å²) in [6.07, 6.45) is 0.185. The molecule has 0 saturated carbocycles. The zero-order chi connectivity index (χ0) is 23.8. The van der Waals surface area contributed by atoms with E-state index in [0.29, 0.717) is 40.7 Å². The van der Waals surface area contributed by atoms with Crippen LogP contribution in [-0.4, -0.2) is 61.1 Å². The monoisotopic (exact) mass is 476 g/mol. The topological polar surface area (TPSA) is 75.7 Å². The Morgan fingerprint density at radius 1 is 1.09 bits per heavy atom. The van der Waals surface area contributed by atoms with Crippen molar-refractivity contribution in [3.8, 4) is 11.3 Å². The minimum absolute atomic E-state index is 0.0433. The van der Waals surface area contributed by atoms with Gasteiger partial charge in [0.15, 0.2) is 4.96 Å². The molecule has 1 aliphatic rings. The van der Waals surface area contributed by atoms with Gasteiger partial charge in [-0.1, -0.05) is 30.3 Å². The summed E-state index contributed by atoms with van der Waals surface area (Å²) in [7, 11) is 1.85. The summed E-state index contributed by atoms with van der Waals surface area (Å²) in [5, 5.41) is 6.36. The first-order valence-electron chi connectivity index (χ1n) is 11.5. The Bertz CT molecular complexity index is 1380. The fourth-order valence-electron chi connectivity index (χ4n) is 4.47. The molecular formula is C25H28N6O2S. The summed E-state index contributed by atoms with van der Waals surface area (Å²) in [4.78, 5) is 36.1. The van der Waals surface area contributed by atoms with Gasteiger partial charge in [0.1, 0.15) is 0 Å². The van der Waals surface area contributed by atoms with E-state index in [9.17, 15) is 9.59 Å². The van der Waals surface area contributed by atoms with Crippen molar-refractivity contribution >= 4 is 22.2 Å². The maximum Gasteiger partial charge on any atom is 0.268 e. The van der Waals surface area contributed by atoms with E-state index in [1.165, 1.54) is 16.9 Å². The number of fused-ring (bicyclic) bond motifs is 1. The Labute approximate surface area is 202 Å². The predicted octanol–water partition coefficient (Wildman–Crippen LogP) is 2.66. The average molecular weight is 477 g/mol. The summed E-state index contributed by atoms with van der Waals surface area (Å²) < 4.78 is 3.33. The Hall–Kier alpha value is -3.30. The first-order valence-corrected chi connectivity index (χ1v) is 12.3. The summed E-state index contributed by atoms with van der Waals surface area (Å²) in [6.45, 7) is 7.75. The van der Waals surface area contributed by atoms with Crippen LogP contribution in [0.25, 0.3) is 16.2 Å². The van der Waals surface area contributed by atoms with Crippen LogP contribution in [0.2, 0.25) is 0 Å². The molecule has 4 heterocycles. The van der Waals surface area contributed by atoms with E-state index in [-0.39, 0.29) is 17.9 Å². The average Bonchev–Trinajstić information content (AvgIpc) is 3.37. The van der Waals surface area contributed by atoms with Crippen LogP contribution in [0.1, 0.15) is 22.6 Å². The van der Waals surface area contributed by atoms with Crippen molar-refractivity contribution in [1.29, 1.82) is 0 Å². The molecule has 9 heteroatoms. The standard InChI is InChI=1S/C25H28N6O2S/c1-17-13-21(27-28(17)3)23-18(2)26-25-31(24(23)33)20(16-34-25)14-22(32)30-11-9-29(10-12-30)15-19-7-5-4-6-8-19/h4-8,13,16H,9-12,14-15H2,1-3H3. The number of carbonyl (C=O) groups is 1. The molecule has 1 amide bonds. The lowest BCUT2D eigenvalue weighted by molar-refractivity contribution is -0.132. The van der Waals surface area contributed by atoms with E-state index < -0.39 is 0 Å². The molecule has 0 atom stereocenters. The summed E-state index contributed by atoms with van der Waals surface area (Å²) in [6, 6.07) is 12.3. The zero-order valence-corrected chi connectivity index (χ0v) is 20.5. The molecule has 8 nitrogen and oxygen atoms in total. The number of rotatable bonds is 5. The van der Waals surface area contributed by atoms with Crippen molar-refractivity contribution in [2.24, 2.45) is 7.05 Å². The van der Waals surface area contributed by atoms with Crippen molar-refractivity contribution in [3.63, 3.8) is 0 Å². The molecule has 1 aromatic carbocycles. The first-order chi connectivity index (χ1) is 16.4. The van der Waals surface area contributed by atoms with Crippen LogP contribution < -0.4 is 5.56 Å². The van der Waals surface area contributed by atoms with Gasteiger partial charge in [0, 0.05) is 56.5 Å². The number of thiazole rings is 1. The van der Waals surface area contributed by atoms with Crippen LogP contribution in [0.4, 0.5) is 0 Å². The first kappa shape index (κ1) is 22.5. The molecule has 4 aromatic rings. The normalized spacial score (nSPS) is 14.7. The highest BCUT2D eigenvalue weighted by molar-refractivity contribution is 7.15. The predicted molar refractivity (Wildman–Crippen MR) is 133 cm³/mol. The largest absolute Gasteiger partial charge is 0.340 e. The number of aromatic nitrogens is 4. The van der Waals surface area contributed by atoms with Crippen molar-refractivity contribution in [2.75, 3.05) is 26.2 Å². The van der Waals surface area contributed by atoms with Crippen LogP contribution in [0.15, 0.2) is 46.6 Å². The number of hydrogen-bond acceptors (Lipinski definition) is 6. The van der Waals surface area contributed by atoms with Gasteiger partial charge in [0.05, 0.1) is 23.4 Å². The smallest absolute Gasteiger partial charge is 0.268 e. The van der Waals surface area contributed by atoms with Crippen LogP contribution in [0.5, 0.6) is 0 Å². The van der Waals surface area contributed by atoms with Crippen molar-refractivity contribution < 1.29 is 4.79 Å². The fraction of sp³-hybridized carbons (Fsp3) is 0.360. The van der Waals surface area contributed by atoms with Gasteiger partial charge in [0.2, 0.25) is 5.91 Å². The highest BCUT2D eigenvalue weighted by atomic mass is 32.1. The highest BCUT2D eigenvalue weighted by Crippen LogP contribution is 2.22. The van der Waals surface area contributed by atoms with Gasteiger partial charge in [-0.25, -0.2) is 4.98 Å². The Morgan fingerprint density at radius 3 is 2.50 bits per heavy atom. The highest BCUT2D eigenvalue weighted by Gasteiger charge is 2.24. The SMILES string of the molecule is Cc1nc2scc(CC(=O)N3CCN(Cc4ccccc4)CC3)n2c(=O)c1-c1cc(C)n(C)n1. The summed E-state index contributed by atoms with van der Waals surface area (Å²) in [5.41, 5.74) is 4.52. The van der Waals surface area contributed by atoms with Crippen LogP contribution >= 0.6 is 11.3 Å². The van der Waals surface area contributed by atoms with Crippen LogP contribution in [0.3, 0.4) is 0 Å². The van der Waals surface area contributed by atoms with Crippen LogP contribution in [0, 0.1) is 13.8 Å². The second-order valence-electron chi connectivity index (χ2n) is 8.84. The molecule has 34 heavy (non-hydrogen) atoms. The number of amides is 1. The minimum atomic E-state index is -0.169. The molecule has 1 fully saturated rings. The Kier molecular flexibility index (Phi) is 6.05. The third-order valence-corrected chi connectivity index (χ3v) is 7.37. The number of aryl methyl sites for hydroxylation is 3. The van der Waals surface area contributed by atoms with E-state index in [1.54, 1.807) is 9.08 Å². The minimum Gasteiger partial charge on any atom is -0.340 e. The second kappa shape index (κ2) is 9.15. The lowest BCUT2D eigenvalue weighted by Crippen LogP contribution is -2.48. The molecule has 3 aromatic heterocycles. The zero-order valence-electron chi connectivity index (χ0n) is 19.7. The second-order valence-corrected chi connectivity index (χ2v) is 9.67. The van der Waals surface area contributed by atoms with E-state index in [2.05, 4.69) is 39.2 Å². The van der Waals surface area contributed by atoms with Gasteiger partial charge >= 0.3 is 0 Å². The molecule has 0 N–H and O–H groups in total. The van der Waals surface area contributed by atoms with Gasteiger partial charge in [0.25, 0.3) is 5.56 Å². The summed E-state index contributed by atoms with van der Waals surface area (Å²) in [5.74, 6) is 0.0433. The summed E-state index contributed by atoms with van der Waals surface area (Å²) >= 11 is 1.39. The molecule has 5 rings (SSSR count).